The van der Waals surface area contributed by atoms with Gasteiger partial charge in [0.1, 0.15) is 16.3 Å². The summed E-state index contributed by atoms with van der Waals surface area (Å²) in [5, 5.41) is 18.9. The molecule has 0 heterocycles. The molecule has 0 bridgehead atoms. The zero-order valence-electron chi connectivity index (χ0n) is 12.7. The topological polar surface area (TPSA) is 99.3 Å². The highest BCUT2D eigenvalue weighted by atomic mass is 32.2. The number of hydrogen-bond acceptors (Lipinski definition) is 5. The van der Waals surface area contributed by atoms with E-state index in [0.29, 0.717) is 22.1 Å². The average molecular weight is 342 g/mol. The van der Waals surface area contributed by atoms with Crippen LogP contribution >= 0.6 is 0 Å². The smallest absolute Gasteiger partial charge is 0.295 e. The molecule has 0 fully saturated rings. The summed E-state index contributed by atoms with van der Waals surface area (Å²) in [6.07, 6.45) is 0. The first-order chi connectivity index (χ1) is 11.3. The zero-order chi connectivity index (χ0) is 17.3. The van der Waals surface area contributed by atoms with Crippen LogP contribution in [0.1, 0.15) is 5.56 Å². The number of phenolic OH excluding ortho intramolecular Hbond substituents is 1. The van der Waals surface area contributed by atoms with Gasteiger partial charge in [-0.25, -0.2) is 0 Å². The molecule has 0 aliphatic heterocycles. The summed E-state index contributed by atoms with van der Waals surface area (Å²) >= 11 is 0. The van der Waals surface area contributed by atoms with E-state index in [9.17, 15) is 18.1 Å². The van der Waals surface area contributed by atoms with Crippen molar-refractivity contribution in [1.82, 2.24) is 0 Å². The summed E-state index contributed by atoms with van der Waals surface area (Å²) < 4.78 is 32.1. The SMILES string of the molecule is Cc1ccc(O)c(N=Nc2ccc3c(S(=O)(=O)O)cccc3c2)c1. The van der Waals surface area contributed by atoms with Gasteiger partial charge in [0.15, 0.2) is 0 Å². The Kier molecular flexibility index (Phi) is 4.04. The summed E-state index contributed by atoms with van der Waals surface area (Å²) in [7, 11) is -4.30. The van der Waals surface area contributed by atoms with Crippen LogP contribution in [0.4, 0.5) is 11.4 Å². The molecular weight excluding hydrogens is 328 g/mol. The third kappa shape index (κ3) is 3.27. The highest BCUT2D eigenvalue weighted by Gasteiger charge is 2.13. The minimum absolute atomic E-state index is 0.0267. The van der Waals surface area contributed by atoms with Crippen molar-refractivity contribution in [2.75, 3.05) is 0 Å². The van der Waals surface area contributed by atoms with Gasteiger partial charge < -0.3 is 5.11 Å². The van der Waals surface area contributed by atoms with Gasteiger partial charge in [-0.05, 0) is 48.2 Å². The van der Waals surface area contributed by atoms with Crippen molar-refractivity contribution < 1.29 is 18.1 Å². The first kappa shape index (κ1) is 16.1. The van der Waals surface area contributed by atoms with Crippen LogP contribution in [-0.2, 0) is 10.1 Å². The standard InChI is InChI=1S/C17H14N2O4S/c1-11-5-8-16(20)15(9-11)19-18-13-6-7-14-12(10-13)3-2-4-17(14)24(21,22)23/h2-10,20H,1H3,(H,21,22,23). The van der Waals surface area contributed by atoms with Gasteiger partial charge in [-0.2, -0.15) is 13.5 Å². The Morgan fingerprint density at radius 1 is 0.958 bits per heavy atom. The summed E-state index contributed by atoms with van der Waals surface area (Å²) in [5.41, 5.74) is 1.79. The Bertz CT molecular complexity index is 1060. The second kappa shape index (κ2) is 6.03. The van der Waals surface area contributed by atoms with Crippen LogP contribution in [0.2, 0.25) is 0 Å². The maximum Gasteiger partial charge on any atom is 0.295 e. The Morgan fingerprint density at radius 3 is 2.50 bits per heavy atom. The maximum atomic E-state index is 11.4. The van der Waals surface area contributed by atoms with Gasteiger partial charge in [-0.3, -0.25) is 4.55 Å². The molecule has 3 rings (SSSR count). The number of fused-ring (bicyclic) bond motifs is 1. The van der Waals surface area contributed by atoms with Gasteiger partial charge >= 0.3 is 0 Å². The Hall–Kier alpha value is -2.77. The molecule has 3 aromatic carbocycles. The number of azo groups is 1. The maximum absolute atomic E-state index is 11.4. The Balaban J connectivity index is 2.03. The molecule has 0 radical (unpaired) electrons. The molecule has 0 saturated carbocycles. The number of aromatic hydroxyl groups is 1. The molecule has 3 aromatic rings. The first-order valence-electron chi connectivity index (χ1n) is 7.06. The monoisotopic (exact) mass is 342 g/mol. The van der Waals surface area contributed by atoms with E-state index in [0.717, 1.165) is 5.56 Å². The number of hydrogen-bond donors (Lipinski definition) is 2. The largest absolute Gasteiger partial charge is 0.506 e. The fourth-order valence-electron chi connectivity index (χ4n) is 2.35. The normalized spacial score (nSPS) is 12.1. The number of benzene rings is 3. The van der Waals surface area contributed by atoms with Crippen molar-refractivity contribution in [3.8, 4) is 5.75 Å². The third-order valence-electron chi connectivity index (χ3n) is 3.51. The minimum atomic E-state index is -4.30. The van der Waals surface area contributed by atoms with E-state index < -0.39 is 10.1 Å². The molecule has 2 N–H and O–H groups in total. The molecule has 0 unspecified atom stereocenters. The number of phenols is 1. The van der Waals surface area contributed by atoms with E-state index in [1.165, 1.54) is 6.07 Å². The summed E-state index contributed by atoms with van der Waals surface area (Å²) in [5.74, 6) is 0.0267. The van der Waals surface area contributed by atoms with Crippen molar-refractivity contribution in [1.29, 1.82) is 0 Å². The molecule has 0 aromatic heterocycles. The molecule has 0 aliphatic carbocycles. The second-order valence-corrected chi connectivity index (χ2v) is 6.72. The minimum Gasteiger partial charge on any atom is -0.506 e. The van der Waals surface area contributed by atoms with Gasteiger partial charge in [-0.15, -0.1) is 5.11 Å². The zero-order valence-corrected chi connectivity index (χ0v) is 13.5. The van der Waals surface area contributed by atoms with Gasteiger partial charge in [-0.1, -0.05) is 24.3 Å². The average Bonchev–Trinajstić information content (AvgIpc) is 2.54. The van der Waals surface area contributed by atoms with Crippen molar-refractivity contribution in [3.63, 3.8) is 0 Å². The molecule has 6 nitrogen and oxygen atoms in total. The predicted molar refractivity (Wildman–Crippen MR) is 90.8 cm³/mol. The van der Waals surface area contributed by atoms with Crippen LogP contribution in [-0.4, -0.2) is 18.1 Å². The molecule has 7 heteroatoms. The summed E-state index contributed by atoms with van der Waals surface area (Å²) in [4.78, 5) is -0.153. The number of aryl methyl sites for hydroxylation is 1. The van der Waals surface area contributed by atoms with Gasteiger partial charge in [0.25, 0.3) is 10.1 Å². The van der Waals surface area contributed by atoms with E-state index in [-0.39, 0.29) is 10.6 Å². The first-order valence-corrected chi connectivity index (χ1v) is 8.50. The molecule has 0 aliphatic rings. The van der Waals surface area contributed by atoms with Gasteiger partial charge in [0, 0.05) is 5.39 Å². The fourth-order valence-corrected chi connectivity index (χ4v) is 3.07. The van der Waals surface area contributed by atoms with Crippen LogP contribution in [0, 0.1) is 6.92 Å². The third-order valence-corrected chi connectivity index (χ3v) is 4.42. The van der Waals surface area contributed by atoms with Crippen LogP contribution in [0.5, 0.6) is 5.75 Å². The Labute approximate surface area is 138 Å². The lowest BCUT2D eigenvalue weighted by Crippen LogP contribution is -1.98. The Morgan fingerprint density at radius 2 is 1.75 bits per heavy atom. The molecule has 24 heavy (non-hydrogen) atoms. The predicted octanol–water partition coefficient (Wildman–Crippen LogP) is 4.52. The van der Waals surface area contributed by atoms with E-state index in [1.54, 1.807) is 48.5 Å². The van der Waals surface area contributed by atoms with Crippen molar-refractivity contribution in [2.24, 2.45) is 10.2 Å². The molecule has 0 amide bonds. The molecular formula is C17H14N2O4S. The number of rotatable bonds is 3. The van der Waals surface area contributed by atoms with Crippen molar-refractivity contribution >= 4 is 32.3 Å². The van der Waals surface area contributed by atoms with Crippen LogP contribution in [0.3, 0.4) is 0 Å². The van der Waals surface area contributed by atoms with Crippen LogP contribution < -0.4 is 0 Å². The molecule has 0 saturated heterocycles. The molecule has 0 spiro atoms. The lowest BCUT2D eigenvalue weighted by atomic mass is 10.1. The van der Waals surface area contributed by atoms with Crippen LogP contribution in [0.15, 0.2) is 69.7 Å². The van der Waals surface area contributed by atoms with Crippen molar-refractivity contribution in [2.45, 2.75) is 11.8 Å². The summed E-state index contributed by atoms with van der Waals surface area (Å²) in [6.45, 7) is 1.88. The summed E-state index contributed by atoms with van der Waals surface area (Å²) in [6, 6.07) is 14.4. The highest BCUT2D eigenvalue weighted by molar-refractivity contribution is 7.86. The van der Waals surface area contributed by atoms with Gasteiger partial charge in [0.2, 0.25) is 0 Å². The van der Waals surface area contributed by atoms with E-state index in [1.807, 2.05) is 6.92 Å². The molecule has 0 atom stereocenters. The quantitative estimate of drug-likeness (QED) is 0.540. The second-order valence-electron chi connectivity index (χ2n) is 5.33. The van der Waals surface area contributed by atoms with Gasteiger partial charge in [0.05, 0.1) is 5.69 Å². The number of nitrogens with zero attached hydrogens (tertiary/aromatic N) is 2. The highest BCUT2D eigenvalue weighted by Crippen LogP contribution is 2.31. The lowest BCUT2D eigenvalue weighted by Gasteiger charge is -2.04. The fraction of sp³-hybridized carbons (Fsp3) is 0.0588. The lowest BCUT2D eigenvalue weighted by molar-refractivity contribution is 0.476. The van der Waals surface area contributed by atoms with Crippen LogP contribution in [0.25, 0.3) is 10.8 Å². The van der Waals surface area contributed by atoms with E-state index in [4.69, 9.17) is 0 Å². The van der Waals surface area contributed by atoms with Crippen molar-refractivity contribution in [3.05, 3.63) is 60.2 Å². The molecule has 122 valence electrons. The van der Waals surface area contributed by atoms with E-state index >= 15 is 0 Å². The van der Waals surface area contributed by atoms with E-state index in [2.05, 4.69) is 10.2 Å².